The number of hydrogen-bond donors (Lipinski definition) is 1. The zero-order valence-electron chi connectivity index (χ0n) is 12.7. The third-order valence-corrected chi connectivity index (χ3v) is 5.74. The van der Waals surface area contributed by atoms with Crippen LogP contribution in [0.3, 0.4) is 0 Å². The first-order valence-corrected chi connectivity index (χ1v) is 8.08. The lowest BCUT2D eigenvalue weighted by molar-refractivity contribution is -0.972. The summed E-state index contributed by atoms with van der Waals surface area (Å²) >= 11 is 0. The van der Waals surface area contributed by atoms with Crippen molar-refractivity contribution in [2.45, 2.75) is 57.4 Å². The highest BCUT2D eigenvalue weighted by atomic mass is 79.9. The molecule has 0 saturated carbocycles. The molecule has 0 radical (unpaired) electrons. The predicted octanol–water partition coefficient (Wildman–Crippen LogP) is -5.60. The molecule has 3 heterocycles. The molecule has 0 aliphatic carbocycles. The minimum absolute atomic E-state index is 0. The van der Waals surface area contributed by atoms with Crippen molar-refractivity contribution in [3.63, 3.8) is 0 Å². The Morgan fingerprint density at radius 2 is 1.15 bits per heavy atom. The van der Waals surface area contributed by atoms with Gasteiger partial charge >= 0.3 is 0 Å². The number of quaternary nitrogens is 2. The molecule has 0 bridgehead atoms. The first kappa shape index (κ1) is 20.8. The van der Waals surface area contributed by atoms with Crippen LogP contribution in [-0.4, -0.2) is 55.3 Å². The molecule has 3 aliphatic rings. The molecule has 1 spiro atoms. The first-order valence-electron chi connectivity index (χ1n) is 8.08. The number of rotatable bonds is 1. The van der Waals surface area contributed by atoms with Gasteiger partial charge in [-0.1, -0.05) is 0 Å². The normalized spacial score (nSPS) is 27.0. The van der Waals surface area contributed by atoms with Crippen LogP contribution in [0.2, 0.25) is 0 Å². The largest absolute Gasteiger partial charge is 1.00 e. The third kappa shape index (κ3) is 4.94. The molecule has 3 aliphatic heterocycles. The number of nitrogens with one attached hydrogen (secondary N) is 1. The van der Waals surface area contributed by atoms with Gasteiger partial charge in [-0.2, -0.15) is 0 Å². The maximum Gasteiger partial charge on any atom is 0.0983 e. The zero-order valence-corrected chi connectivity index (χ0v) is 15.9. The monoisotopic (exact) mass is 414 g/mol. The zero-order chi connectivity index (χ0) is 11.6. The Morgan fingerprint density at radius 1 is 0.650 bits per heavy atom. The molecule has 0 unspecified atom stereocenters. The number of hydrogen-bond acceptors (Lipinski definition) is 0. The Balaban J connectivity index is 0.00000120. The first-order chi connectivity index (χ1) is 8.38. The Kier molecular flexibility index (Phi) is 10.2. The fourth-order valence-electron chi connectivity index (χ4n) is 4.57. The summed E-state index contributed by atoms with van der Waals surface area (Å²) in [6, 6.07) is 1.03. The van der Waals surface area contributed by atoms with E-state index in [9.17, 15) is 0 Å². The number of likely N-dealkylation sites (tertiary alicyclic amines) is 1. The average Bonchev–Trinajstić information content (AvgIpc) is 2.42. The van der Waals surface area contributed by atoms with Crippen LogP contribution in [0.1, 0.15) is 51.4 Å². The lowest BCUT2D eigenvalue weighted by Crippen LogP contribution is -3.17. The van der Waals surface area contributed by atoms with Gasteiger partial charge in [-0.15, -0.1) is 0 Å². The van der Waals surface area contributed by atoms with Crippen LogP contribution < -0.4 is 38.9 Å². The number of halogens is 2. The van der Waals surface area contributed by atoms with Crippen LogP contribution in [0.5, 0.6) is 0 Å². The number of nitrogens with zero attached hydrogens (tertiary/aromatic N) is 1. The lowest BCUT2D eigenvalue weighted by Gasteiger charge is -2.47. The van der Waals surface area contributed by atoms with Crippen LogP contribution in [0, 0.1) is 0 Å². The molecule has 3 nitrogen and oxygen atoms in total. The molecule has 20 heavy (non-hydrogen) atoms. The maximum absolute atomic E-state index is 1.96. The molecular formula is C15H32Br2N2O. The van der Waals surface area contributed by atoms with E-state index in [0.29, 0.717) is 0 Å². The van der Waals surface area contributed by atoms with E-state index in [0.717, 1.165) is 6.04 Å². The standard InChI is InChI=1S/C15H29N2.2BrH.H2O/c1-3-9-16(10-4-1)15-7-13-17(14-8-15)11-5-2-6-12-17;;;/h15H,1-14H2;2*1H;1H2/q+1;;;/p-1. The average molecular weight is 416 g/mol. The SMILES string of the molecule is C1CC[NH+](C2CC[N+]3(CCCCC3)CC2)CC1.O.[Br-].[Br-]. The van der Waals surface area contributed by atoms with Gasteiger partial charge in [-0.25, -0.2) is 0 Å². The van der Waals surface area contributed by atoms with E-state index in [4.69, 9.17) is 0 Å². The second kappa shape index (κ2) is 9.78. The molecule has 3 saturated heterocycles. The fourth-order valence-corrected chi connectivity index (χ4v) is 4.57. The second-order valence-corrected chi connectivity index (χ2v) is 6.79. The van der Waals surface area contributed by atoms with Crippen LogP contribution in [0.25, 0.3) is 0 Å². The molecule has 0 aromatic heterocycles. The summed E-state index contributed by atoms with van der Waals surface area (Å²) < 4.78 is 1.50. The van der Waals surface area contributed by atoms with Crippen molar-refractivity contribution in [3.05, 3.63) is 0 Å². The van der Waals surface area contributed by atoms with Crippen molar-refractivity contribution < 1.29 is 48.8 Å². The van der Waals surface area contributed by atoms with Crippen LogP contribution in [0.4, 0.5) is 0 Å². The molecule has 0 amide bonds. The minimum atomic E-state index is 0. The van der Waals surface area contributed by atoms with Gasteiger partial charge in [0.15, 0.2) is 0 Å². The lowest BCUT2D eigenvalue weighted by atomic mass is 9.95. The van der Waals surface area contributed by atoms with Gasteiger partial charge in [0.05, 0.1) is 45.3 Å². The summed E-state index contributed by atoms with van der Waals surface area (Å²) in [4.78, 5) is 1.96. The van der Waals surface area contributed by atoms with Gasteiger partial charge < -0.3 is 48.8 Å². The minimum Gasteiger partial charge on any atom is -1.00 e. The van der Waals surface area contributed by atoms with Crippen molar-refractivity contribution >= 4 is 0 Å². The summed E-state index contributed by atoms with van der Waals surface area (Å²) in [5.74, 6) is 0. The van der Waals surface area contributed by atoms with Crippen LogP contribution in [-0.2, 0) is 0 Å². The molecule has 0 aromatic carbocycles. The summed E-state index contributed by atoms with van der Waals surface area (Å²) in [6.45, 7) is 8.97. The van der Waals surface area contributed by atoms with Crippen molar-refractivity contribution in [2.75, 3.05) is 39.3 Å². The highest BCUT2D eigenvalue weighted by Crippen LogP contribution is 2.24. The second-order valence-electron chi connectivity index (χ2n) is 6.79. The summed E-state index contributed by atoms with van der Waals surface area (Å²) in [5.41, 5.74) is 0. The molecule has 3 rings (SSSR count). The highest BCUT2D eigenvalue weighted by molar-refractivity contribution is 4.67. The predicted molar refractivity (Wildman–Crippen MR) is 74.8 cm³/mol. The summed E-state index contributed by atoms with van der Waals surface area (Å²) in [7, 11) is 0. The van der Waals surface area contributed by atoms with Crippen molar-refractivity contribution in [1.82, 2.24) is 0 Å². The van der Waals surface area contributed by atoms with E-state index >= 15 is 0 Å². The van der Waals surface area contributed by atoms with E-state index in [1.165, 1.54) is 95.1 Å². The summed E-state index contributed by atoms with van der Waals surface area (Å²) in [6.07, 6.45) is 12.0. The van der Waals surface area contributed by atoms with E-state index in [1.807, 2.05) is 4.90 Å². The molecule has 0 aromatic rings. The molecule has 122 valence electrons. The third-order valence-electron chi connectivity index (χ3n) is 5.74. The topological polar surface area (TPSA) is 35.9 Å². The van der Waals surface area contributed by atoms with E-state index in [-0.39, 0.29) is 39.4 Å². The van der Waals surface area contributed by atoms with Gasteiger partial charge in [-0.3, -0.25) is 0 Å². The molecule has 5 heteroatoms. The Bertz CT molecular complexity index is 244. The maximum atomic E-state index is 1.96. The van der Waals surface area contributed by atoms with E-state index in [2.05, 4.69) is 0 Å². The van der Waals surface area contributed by atoms with E-state index < -0.39 is 0 Å². The van der Waals surface area contributed by atoms with Crippen LogP contribution in [0.15, 0.2) is 0 Å². The van der Waals surface area contributed by atoms with Gasteiger partial charge in [0.1, 0.15) is 0 Å². The van der Waals surface area contributed by atoms with Gasteiger partial charge in [0, 0.05) is 12.8 Å². The fraction of sp³-hybridized carbons (Fsp3) is 1.00. The van der Waals surface area contributed by atoms with Gasteiger partial charge in [0.2, 0.25) is 0 Å². The Hall–Kier alpha value is 0.840. The summed E-state index contributed by atoms with van der Waals surface area (Å²) in [5, 5.41) is 0. The van der Waals surface area contributed by atoms with E-state index in [1.54, 1.807) is 0 Å². The van der Waals surface area contributed by atoms with Gasteiger partial charge in [0.25, 0.3) is 0 Å². The van der Waals surface area contributed by atoms with Crippen LogP contribution >= 0.6 is 0 Å². The van der Waals surface area contributed by atoms with Gasteiger partial charge in [-0.05, 0) is 38.5 Å². The Morgan fingerprint density at radius 3 is 1.70 bits per heavy atom. The Labute approximate surface area is 145 Å². The van der Waals surface area contributed by atoms with Crippen molar-refractivity contribution in [1.29, 1.82) is 0 Å². The number of piperidine rings is 3. The van der Waals surface area contributed by atoms with Crippen molar-refractivity contribution in [2.24, 2.45) is 0 Å². The molecule has 0 atom stereocenters. The van der Waals surface area contributed by atoms with Crippen molar-refractivity contribution in [3.8, 4) is 0 Å². The molecule has 3 N–H and O–H groups in total. The smallest absolute Gasteiger partial charge is 0.0983 e. The highest BCUT2D eigenvalue weighted by Gasteiger charge is 2.38. The molecule has 3 fully saturated rings. The quantitative estimate of drug-likeness (QED) is 0.414. The molecular weight excluding hydrogens is 384 g/mol.